The number of aromatic hydroxyl groups is 1. The Kier molecular flexibility index (Phi) is 6.29. The first-order chi connectivity index (χ1) is 16.5. The Morgan fingerprint density at radius 3 is 2.46 bits per heavy atom. The van der Waals surface area contributed by atoms with Gasteiger partial charge in [0.2, 0.25) is 5.91 Å². The van der Waals surface area contributed by atoms with Gasteiger partial charge in [0, 0.05) is 12.5 Å². The van der Waals surface area contributed by atoms with E-state index in [1.54, 1.807) is 0 Å². The fourth-order valence-corrected chi connectivity index (χ4v) is 5.47. The summed E-state index contributed by atoms with van der Waals surface area (Å²) in [5.74, 6) is -9.99. The quantitative estimate of drug-likeness (QED) is 0.450. The number of nitrogens with two attached hydrogens (primary N) is 1. The molecule has 1 saturated carbocycles. The van der Waals surface area contributed by atoms with E-state index in [9.17, 15) is 43.3 Å². The predicted octanol–water partition coefficient (Wildman–Crippen LogP) is 1.46. The first-order valence-electron chi connectivity index (χ1n) is 11.0. The molecule has 8 nitrogen and oxygen atoms in total. The number of carbonyl (C=O) groups is 4. The van der Waals surface area contributed by atoms with Crippen LogP contribution in [0.25, 0.3) is 11.1 Å². The van der Waals surface area contributed by atoms with Crippen molar-refractivity contribution in [2.45, 2.75) is 31.3 Å². The molecule has 2 aromatic carbocycles. The lowest BCUT2D eigenvalue weighted by Gasteiger charge is -2.46. The van der Waals surface area contributed by atoms with Crippen molar-refractivity contribution in [2.24, 2.45) is 23.5 Å². The molecule has 0 heterocycles. The number of phenols is 1. The summed E-state index contributed by atoms with van der Waals surface area (Å²) >= 11 is 0. The lowest BCUT2D eigenvalue weighted by atomic mass is 9.57. The van der Waals surface area contributed by atoms with Crippen molar-refractivity contribution in [1.29, 1.82) is 0 Å². The Labute approximate surface area is 198 Å². The fraction of sp³-hybridized carbons (Fsp3) is 0.360. The van der Waals surface area contributed by atoms with E-state index in [4.69, 9.17) is 5.73 Å². The van der Waals surface area contributed by atoms with Crippen molar-refractivity contribution in [3.05, 3.63) is 53.1 Å². The standard InChI is InChI=1S/C25H23F2NO7/c26-16-3-1-11(9-17(16)27)14-2-4-18(30)22-15(14)8-12-7-13(5-6-29)25(35,19(31)10-20(28)32)24(34)21(12)23(22)33/h1-4,9,12-13,21,29-30,35H,5-8,10H2,(H2,28,32)/t12-,13-,21?,25-/m1/s1. The summed E-state index contributed by atoms with van der Waals surface area (Å²) < 4.78 is 27.4. The molecular formula is C25H23F2NO7. The molecule has 0 aromatic heterocycles. The highest BCUT2D eigenvalue weighted by Gasteiger charge is 2.60. The van der Waals surface area contributed by atoms with E-state index in [1.165, 1.54) is 18.2 Å². The number of carbonyl (C=O) groups excluding carboxylic acids is 4. The van der Waals surface area contributed by atoms with Crippen LogP contribution >= 0.6 is 0 Å². The van der Waals surface area contributed by atoms with E-state index < -0.39 is 77.0 Å². The number of Topliss-reactive ketones (excluding diaryl/α,β-unsaturated/α-hetero) is 3. The van der Waals surface area contributed by atoms with Crippen LogP contribution in [0.15, 0.2) is 30.3 Å². The van der Waals surface area contributed by atoms with Crippen LogP contribution in [0, 0.1) is 29.4 Å². The van der Waals surface area contributed by atoms with Crippen LogP contribution < -0.4 is 5.73 Å². The number of hydrogen-bond acceptors (Lipinski definition) is 7. The van der Waals surface area contributed by atoms with Crippen molar-refractivity contribution in [3.8, 4) is 16.9 Å². The third-order valence-electron chi connectivity index (χ3n) is 7.06. The molecule has 184 valence electrons. The lowest BCUT2D eigenvalue weighted by molar-refractivity contribution is -0.167. The minimum Gasteiger partial charge on any atom is -0.507 e. The van der Waals surface area contributed by atoms with E-state index in [1.807, 2.05) is 0 Å². The maximum atomic E-state index is 13.9. The normalized spacial score (nSPS) is 25.7. The molecule has 2 aliphatic rings. The van der Waals surface area contributed by atoms with E-state index in [-0.39, 0.29) is 30.4 Å². The Balaban J connectivity index is 1.83. The summed E-state index contributed by atoms with van der Waals surface area (Å²) in [4.78, 5) is 51.0. The molecule has 1 unspecified atom stereocenters. The minimum atomic E-state index is -2.70. The molecule has 0 bridgehead atoms. The minimum absolute atomic E-state index is 0.0178. The number of ketones is 3. The van der Waals surface area contributed by atoms with Crippen molar-refractivity contribution in [3.63, 3.8) is 0 Å². The van der Waals surface area contributed by atoms with Gasteiger partial charge in [-0.1, -0.05) is 12.1 Å². The van der Waals surface area contributed by atoms with Crippen molar-refractivity contribution in [2.75, 3.05) is 6.61 Å². The average Bonchev–Trinajstić information content (AvgIpc) is 2.79. The van der Waals surface area contributed by atoms with Crippen LogP contribution in [0.5, 0.6) is 5.75 Å². The van der Waals surface area contributed by atoms with Gasteiger partial charge in [0.05, 0.1) is 17.9 Å². The van der Waals surface area contributed by atoms with Crippen LogP contribution in [-0.4, -0.2) is 50.8 Å². The highest BCUT2D eigenvalue weighted by molar-refractivity contribution is 6.24. The van der Waals surface area contributed by atoms with Gasteiger partial charge in [-0.15, -0.1) is 0 Å². The van der Waals surface area contributed by atoms with Gasteiger partial charge >= 0.3 is 0 Å². The van der Waals surface area contributed by atoms with Gasteiger partial charge in [0.15, 0.2) is 34.6 Å². The van der Waals surface area contributed by atoms with Gasteiger partial charge in [0.25, 0.3) is 0 Å². The molecule has 5 N–H and O–H groups in total. The molecule has 0 radical (unpaired) electrons. The molecule has 1 amide bonds. The number of phenolic OH excluding ortho intramolecular Hbond substituents is 1. The molecule has 0 aliphatic heterocycles. The Bertz CT molecular complexity index is 1260. The molecule has 0 saturated heterocycles. The number of aliphatic hydroxyl groups is 2. The van der Waals surface area contributed by atoms with Gasteiger partial charge in [-0.2, -0.15) is 0 Å². The largest absolute Gasteiger partial charge is 0.507 e. The first-order valence-corrected chi connectivity index (χ1v) is 11.0. The van der Waals surface area contributed by atoms with Crippen LogP contribution in [0.3, 0.4) is 0 Å². The summed E-state index contributed by atoms with van der Waals surface area (Å²) in [5.41, 5.74) is 3.12. The molecule has 35 heavy (non-hydrogen) atoms. The zero-order valence-electron chi connectivity index (χ0n) is 18.5. The van der Waals surface area contributed by atoms with Gasteiger partial charge in [-0.05, 0) is 60.1 Å². The van der Waals surface area contributed by atoms with E-state index in [0.29, 0.717) is 11.1 Å². The Morgan fingerprint density at radius 2 is 1.83 bits per heavy atom. The maximum Gasteiger partial charge on any atom is 0.225 e. The molecule has 4 atom stereocenters. The zero-order chi connectivity index (χ0) is 25.7. The second kappa shape index (κ2) is 8.94. The summed E-state index contributed by atoms with van der Waals surface area (Å²) in [5, 5.41) is 31.2. The number of rotatable bonds is 6. The molecule has 1 fully saturated rings. The van der Waals surface area contributed by atoms with Gasteiger partial charge in [-0.3, -0.25) is 19.2 Å². The van der Waals surface area contributed by atoms with E-state index >= 15 is 0 Å². The van der Waals surface area contributed by atoms with Gasteiger partial charge in [-0.25, -0.2) is 8.78 Å². The number of amides is 1. The third-order valence-corrected chi connectivity index (χ3v) is 7.06. The average molecular weight is 487 g/mol. The zero-order valence-corrected chi connectivity index (χ0v) is 18.5. The number of halogens is 2. The van der Waals surface area contributed by atoms with E-state index in [2.05, 4.69) is 0 Å². The van der Waals surface area contributed by atoms with Crippen molar-refractivity contribution < 1.29 is 43.3 Å². The monoisotopic (exact) mass is 487 g/mol. The van der Waals surface area contributed by atoms with E-state index in [0.717, 1.165) is 12.1 Å². The van der Waals surface area contributed by atoms with Crippen molar-refractivity contribution in [1.82, 2.24) is 0 Å². The number of primary amides is 1. The number of fused-ring (bicyclic) bond motifs is 2. The smallest absolute Gasteiger partial charge is 0.225 e. The number of aliphatic hydroxyl groups excluding tert-OH is 1. The molecule has 10 heteroatoms. The van der Waals surface area contributed by atoms with Crippen LogP contribution in [0.2, 0.25) is 0 Å². The summed E-state index contributed by atoms with van der Waals surface area (Å²) in [7, 11) is 0. The van der Waals surface area contributed by atoms with Crippen LogP contribution in [0.1, 0.15) is 35.2 Å². The SMILES string of the molecule is NC(=O)CC(=O)[C@@]1(O)C(=O)C2C(=O)c3c(O)ccc(-c4ccc(F)c(F)c4)c3C[C@H]2C[C@H]1CCO. The first kappa shape index (κ1) is 24.6. The molecule has 4 rings (SSSR count). The van der Waals surface area contributed by atoms with Crippen LogP contribution in [-0.2, 0) is 20.8 Å². The molecule has 0 spiro atoms. The Morgan fingerprint density at radius 1 is 1.11 bits per heavy atom. The summed E-state index contributed by atoms with van der Waals surface area (Å²) in [6, 6.07) is 5.87. The van der Waals surface area contributed by atoms with Crippen molar-refractivity contribution >= 4 is 23.3 Å². The number of hydrogen-bond donors (Lipinski definition) is 4. The molecule has 2 aliphatic carbocycles. The Hall–Kier alpha value is -3.50. The summed E-state index contributed by atoms with van der Waals surface area (Å²) in [6.07, 6.45) is -1.02. The van der Waals surface area contributed by atoms with Crippen LogP contribution in [0.4, 0.5) is 8.78 Å². The fourth-order valence-electron chi connectivity index (χ4n) is 5.47. The number of benzene rings is 2. The second-order valence-electron chi connectivity index (χ2n) is 9.06. The highest BCUT2D eigenvalue weighted by Crippen LogP contribution is 2.49. The van der Waals surface area contributed by atoms with Gasteiger partial charge < -0.3 is 21.1 Å². The highest BCUT2D eigenvalue weighted by atomic mass is 19.2. The molecular weight excluding hydrogens is 464 g/mol. The predicted molar refractivity (Wildman–Crippen MR) is 117 cm³/mol. The topological polar surface area (TPSA) is 155 Å². The summed E-state index contributed by atoms with van der Waals surface area (Å²) in [6.45, 7) is -0.465. The second-order valence-corrected chi connectivity index (χ2v) is 9.06. The van der Waals surface area contributed by atoms with Gasteiger partial charge in [0.1, 0.15) is 5.75 Å². The maximum absolute atomic E-state index is 13.9. The third kappa shape index (κ3) is 3.92. The lowest BCUT2D eigenvalue weighted by Crippen LogP contribution is -2.63. The molecule has 2 aromatic rings.